The van der Waals surface area contributed by atoms with Crippen LogP contribution in [0.4, 0.5) is 0 Å². The average molecular weight is 6240 g/mol. The van der Waals surface area contributed by atoms with Crippen LogP contribution in [0.1, 0.15) is 0 Å². The largest absolute Gasteiger partial charge is 0.358 e. The second-order valence-corrected chi connectivity index (χ2v) is 0. The molecule has 0 aromatic heterocycles. The third-order valence-electron chi connectivity index (χ3n) is 0. The molecule has 0 aromatic carbocycles. The van der Waals surface area contributed by atoms with Crippen molar-refractivity contribution in [3.8, 4) is 0 Å². The van der Waals surface area contributed by atoms with Crippen LogP contribution in [0.5, 0.6) is 0 Å². The molecule has 0 spiro atoms. The minimum absolute atomic E-state index is 0. The van der Waals surface area contributed by atoms with Gasteiger partial charge in [-0.3, -0.25) is 0 Å². The minimum Gasteiger partial charge on any atom is -0.358 e. The van der Waals surface area contributed by atoms with Gasteiger partial charge in [-0.05, 0) is 0 Å². The predicted octanol–water partition coefficient (Wildman–Crippen LogP) is 0.275. The van der Waals surface area contributed by atoms with Gasteiger partial charge in [-0.1, -0.05) is 0 Å². The summed E-state index contributed by atoms with van der Waals surface area (Å²) in [5.74, 6) is 0. The summed E-state index contributed by atoms with van der Waals surface area (Å²) in [5, 5.41) is 0. The van der Waals surface area contributed by atoms with E-state index in [0.717, 1.165) is 0 Å². The smallest absolute Gasteiger partial charge is 0 e. The summed E-state index contributed by atoms with van der Waals surface area (Å²) in [6.45, 7) is 0. The Morgan fingerprint density at radius 3 is 0.0282 bits per heavy atom. The van der Waals surface area contributed by atoms with E-state index < -0.39 is 0 Å². The van der Waals surface area contributed by atoms with E-state index in [2.05, 4.69) is 0 Å². The first kappa shape index (κ1) is 539. The van der Waals surface area contributed by atoms with Crippen molar-refractivity contribution in [1.82, 2.24) is 0 Å². The van der Waals surface area contributed by atoms with Gasteiger partial charge >= 0.3 is 0 Å². The molecule has 0 amide bonds. The van der Waals surface area contributed by atoms with Crippen LogP contribution in [0.25, 0.3) is 0 Å². The van der Waals surface area contributed by atoms with Gasteiger partial charge in [0.05, 0.1) is 0 Å². The normalized spacial score (nSPS) is 0. The summed E-state index contributed by atoms with van der Waals surface area (Å²) in [6.07, 6.45) is 0. The summed E-state index contributed by atoms with van der Waals surface area (Å²) in [7, 11) is 0. The molecule has 0 unspecified atom stereocenters. The van der Waals surface area contributed by atoms with Crippen LogP contribution in [0, 0.1) is 7.43 Å². The number of hydrogen-bond donors (Lipinski definition) is 0. The fraction of sp³-hybridized carbons (Fsp3) is 0. The van der Waals surface area contributed by atoms with Gasteiger partial charge in [0.25, 0.3) is 0 Å². The second kappa shape index (κ2) is 528. The van der Waals surface area contributed by atoms with Crippen LogP contribution < -0.4 is 0 Å². The van der Waals surface area contributed by atoms with Gasteiger partial charge in [0.1, 0.15) is 0 Å². The predicted molar refractivity (Wildman–Crippen MR) is 6.41 cm³/mol. The average Bonchev–Trinajstić information content (AvgIpc) is 0. The van der Waals surface area contributed by atoms with E-state index in [1.165, 1.54) is 0 Å². The molecular formula is CH3Y70-. The second-order valence-electron chi connectivity index (χ2n) is 0. The molecule has 0 aliphatic carbocycles. The zero-order valence-electron chi connectivity index (χ0n) is 41.4. The maximum absolute atomic E-state index is 0. The molecule has 0 aromatic rings. The summed E-state index contributed by atoms with van der Waals surface area (Å²) in [6, 6.07) is 0. The minimum atomic E-state index is 0. The van der Waals surface area contributed by atoms with Crippen LogP contribution >= 0.6 is 0 Å². The molecule has 0 atom stereocenters. The molecule has 0 bridgehead atoms. The van der Waals surface area contributed by atoms with Gasteiger partial charge < -0.3 is 7.43 Å². The molecule has 0 nitrogen and oxygen atoms in total. The maximum Gasteiger partial charge on any atom is 0 e. The Balaban J connectivity index is 0. The molecule has 70 radical (unpaired) electrons. The standard InChI is InChI=1S/CH3.70Y/h1H3;;;;;;;;;;;;;;;;;;;;;;;;;;;;;;;;;;;;;;;;;;;;;;;;;;;;;;;;;;;;;;;;;;;;;;/q-1;;;;;;;;;;;;;;;;;;;;;;;;;;;;;;;;;;;;;;;;;;;;;;;;;;;;;;;;;;;;;;;;;;;;;;. The molecule has 0 N–H and O–H groups in total. The van der Waals surface area contributed by atoms with E-state index in [0.29, 0.717) is 0 Å². The van der Waals surface area contributed by atoms with Gasteiger partial charge in [-0.2, -0.15) is 0 Å². The van der Waals surface area contributed by atoms with Crippen molar-refractivity contribution < 1.29 is 2290 Å². The van der Waals surface area contributed by atoms with E-state index in [1.807, 2.05) is 0 Å². The molecule has 71 heavy (non-hydrogen) atoms. The third-order valence-corrected chi connectivity index (χ3v) is 0. The van der Waals surface area contributed by atoms with Crippen molar-refractivity contribution in [1.29, 1.82) is 0 Å². The van der Waals surface area contributed by atoms with Crippen molar-refractivity contribution in [3.05, 3.63) is 7.43 Å². The van der Waals surface area contributed by atoms with E-state index in [4.69, 9.17) is 0 Å². The summed E-state index contributed by atoms with van der Waals surface area (Å²) < 4.78 is 0. The van der Waals surface area contributed by atoms with E-state index in [9.17, 15) is 0 Å². The molecule has 0 fully saturated rings. The van der Waals surface area contributed by atoms with Crippen molar-refractivity contribution in [2.75, 3.05) is 0 Å². The van der Waals surface area contributed by atoms with Gasteiger partial charge in [0, 0.05) is 2290 Å². The van der Waals surface area contributed by atoms with Crippen LogP contribution in [0.15, 0.2) is 0 Å². The fourth-order valence-corrected chi connectivity index (χ4v) is 0. The monoisotopic (exact) mass is 6240 g/mol. The Morgan fingerprint density at radius 1 is 0.0282 bits per heavy atom. The molecule has 0 saturated carbocycles. The molecule has 70 heteroatoms. The molecule has 0 heterocycles. The molecule has 0 rings (SSSR count). The van der Waals surface area contributed by atoms with Crippen molar-refractivity contribution in [2.24, 2.45) is 0 Å². The van der Waals surface area contributed by atoms with Gasteiger partial charge in [-0.15, -0.1) is 0 Å². The van der Waals surface area contributed by atoms with E-state index in [1.54, 1.807) is 0 Å². The molecule has 218 valence electrons. The first-order valence-electron chi connectivity index (χ1n) is 0. The Morgan fingerprint density at radius 2 is 0.0282 bits per heavy atom. The Kier molecular flexibility index (Phi) is 4000. The van der Waals surface area contributed by atoms with Crippen LogP contribution in [-0.2, 0) is 2290 Å². The summed E-state index contributed by atoms with van der Waals surface area (Å²) in [5.41, 5.74) is 0. The van der Waals surface area contributed by atoms with Gasteiger partial charge in [0.15, 0.2) is 0 Å². The Bertz CT molecular complexity index is 7.58. The maximum atomic E-state index is 0. The summed E-state index contributed by atoms with van der Waals surface area (Å²) in [4.78, 5) is 0. The van der Waals surface area contributed by atoms with E-state index in [-0.39, 0.29) is 2300 Å². The first-order valence-corrected chi connectivity index (χ1v) is 0. The summed E-state index contributed by atoms with van der Waals surface area (Å²) >= 11 is 0. The topological polar surface area (TPSA) is 0 Å². The van der Waals surface area contributed by atoms with E-state index >= 15 is 0 Å². The molecule has 0 saturated heterocycles. The SMILES string of the molecule is [CH3-].[Y].[Y].[Y].[Y].[Y].[Y].[Y].[Y].[Y].[Y].[Y].[Y].[Y].[Y].[Y].[Y].[Y].[Y].[Y].[Y].[Y].[Y].[Y].[Y].[Y].[Y].[Y].[Y].[Y].[Y].[Y].[Y].[Y].[Y].[Y].[Y].[Y].[Y].[Y].[Y].[Y].[Y].[Y].[Y].[Y].[Y].[Y].[Y].[Y].[Y].[Y].[Y].[Y].[Y].[Y].[Y].[Y].[Y].[Y].[Y].[Y].[Y].[Y].[Y].[Y].[Y].[Y].[Y].[Y].[Y]. The quantitative estimate of drug-likeness (QED) is 0.307. The van der Waals surface area contributed by atoms with Crippen LogP contribution in [0.3, 0.4) is 0 Å². The van der Waals surface area contributed by atoms with Gasteiger partial charge in [-0.25, -0.2) is 0 Å². The number of rotatable bonds is 0. The fourth-order valence-electron chi connectivity index (χ4n) is 0. The Labute approximate surface area is 2210 Å². The van der Waals surface area contributed by atoms with Gasteiger partial charge in [0.2, 0.25) is 0 Å². The molecule has 0 aliphatic rings. The van der Waals surface area contributed by atoms with Crippen molar-refractivity contribution >= 4 is 0 Å². The third kappa shape index (κ3) is 521. The zero-order valence-corrected chi connectivity index (χ0v) is 240. The van der Waals surface area contributed by atoms with Crippen LogP contribution in [0.2, 0.25) is 0 Å². The van der Waals surface area contributed by atoms with Crippen molar-refractivity contribution in [3.63, 3.8) is 0 Å². The number of hydrogen-bond acceptors (Lipinski definition) is 0. The molecule has 0 aliphatic heterocycles. The van der Waals surface area contributed by atoms with Crippen LogP contribution in [-0.4, -0.2) is 0 Å². The van der Waals surface area contributed by atoms with Crippen molar-refractivity contribution in [2.45, 2.75) is 0 Å². The molecular weight excluding hydrogens is 6240 g/mol. The Hall–Kier alpha value is 77.3. The zero-order chi connectivity index (χ0) is 0. The first-order chi connectivity index (χ1) is 0.